The number of H-pyrrole nitrogens is 1. The van der Waals surface area contributed by atoms with Gasteiger partial charge in [0.2, 0.25) is 0 Å². The van der Waals surface area contributed by atoms with Gasteiger partial charge in [0.15, 0.2) is 5.58 Å². The van der Waals surface area contributed by atoms with Crippen molar-refractivity contribution in [3.63, 3.8) is 0 Å². The number of ether oxygens (including phenoxy) is 1. The molecule has 136 valence electrons. The molecule has 0 radical (unpaired) electrons. The lowest BCUT2D eigenvalue weighted by atomic mass is 10.2. The highest BCUT2D eigenvalue weighted by atomic mass is 32.2. The smallest absolute Gasteiger partial charge is 0.408 e. The fraction of sp³-hybridized carbons (Fsp3) is 0.235. The molecule has 2 N–H and O–H groups in total. The van der Waals surface area contributed by atoms with Crippen LogP contribution in [0.2, 0.25) is 0 Å². The SMILES string of the molecule is O=c1[nH]c2cc(S(=O)(=O)Nc3ccc(N4CCOCC4)cc3)ccc2o1. The minimum atomic E-state index is -3.78. The molecule has 0 aliphatic carbocycles. The zero-order chi connectivity index (χ0) is 18.1. The Hall–Kier alpha value is -2.78. The van der Waals surface area contributed by atoms with Crippen LogP contribution in [-0.4, -0.2) is 39.7 Å². The summed E-state index contributed by atoms with van der Waals surface area (Å²) in [5.74, 6) is -0.624. The minimum Gasteiger partial charge on any atom is -0.408 e. The first-order chi connectivity index (χ1) is 12.5. The van der Waals surface area contributed by atoms with Crippen molar-refractivity contribution in [3.05, 3.63) is 53.0 Å². The van der Waals surface area contributed by atoms with E-state index in [0.29, 0.717) is 30.0 Å². The second-order valence-corrected chi connectivity index (χ2v) is 7.61. The predicted molar refractivity (Wildman–Crippen MR) is 97.1 cm³/mol. The van der Waals surface area contributed by atoms with E-state index >= 15 is 0 Å². The molecular formula is C17H17N3O5S. The maximum absolute atomic E-state index is 12.6. The molecule has 2 aromatic carbocycles. The first-order valence-corrected chi connectivity index (χ1v) is 9.58. The number of aromatic nitrogens is 1. The fourth-order valence-corrected chi connectivity index (χ4v) is 3.96. The fourth-order valence-electron chi connectivity index (χ4n) is 2.87. The Labute approximate surface area is 149 Å². The van der Waals surface area contributed by atoms with Crippen molar-refractivity contribution in [2.24, 2.45) is 0 Å². The van der Waals surface area contributed by atoms with Crippen molar-refractivity contribution in [1.82, 2.24) is 4.98 Å². The third-order valence-electron chi connectivity index (χ3n) is 4.20. The van der Waals surface area contributed by atoms with Crippen LogP contribution in [0.25, 0.3) is 11.1 Å². The number of rotatable bonds is 4. The molecule has 1 aliphatic heterocycles. The highest BCUT2D eigenvalue weighted by molar-refractivity contribution is 7.92. The zero-order valence-electron chi connectivity index (χ0n) is 13.8. The molecule has 26 heavy (non-hydrogen) atoms. The normalized spacial score (nSPS) is 15.3. The molecule has 3 aromatic rings. The van der Waals surface area contributed by atoms with E-state index in [-0.39, 0.29) is 4.90 Å². The number of oxazole rings is 1. The van der Waals surface area contributed by atoms with Crippen molar-refractivity contribution in [2.75, 3.05) is 35.9 Å². The van der Waals surface area contributed by atoms with E-state index in [1.807, 2.05) is 12.1 Å². The van der Waals surface area contributed by atoms with E-state index < -0.39 is 15.8 Å². The molecule has 1 fully saturated rings. The Morgan fingerprint density at radius 2 is 1.77 bits per heavy atom. The first-order valence-electron chi connectivity index (χ1n) is 8.10. The van der Waals surface area contributed by atoms with Gasteiger partial charge in [-0.15, -0.1) is 0 Å². The van der Waals surface area contributed by atoms with E-state index in [4.69, 9.17) is 9.15 Å². The number of nitrogens with one attached hydrogen (secondary N) is 2. The predicted octanol–water partition coefficient (Wildman–Crippen LogP) is 1.76. The van der Waals surface area contributed by atoms with Gasteiger partial charge in [-0.25, -0.2) is 13.2 Å². The van der Waals surface area contributed by atoms with E-state index in [1.54, 1.807) is 12.1 Å². The van der Waals surface area contributed by atoms with Crippen molar-refractivity contribution < 1.29 is 17.6 Å². The number of anilines is 2. The Bertz CT molecular complexity index is 1080. The van der Waals surface area contributed by atoms with Gasteiger partial charge < -0.3 is 14.1 Å². The highest BCUT2D eigenvalue weighted by Gasteiger charge is 2.17. The van der Waals surface area contributed by atoms with Gasteiger partial charge in [0.1, 0.15) is 0 Å². The molecule has 2 heterocycles. The maximum Gasteiger partial charge on any atom is 0.417 e. The van der Waals surface area contributed by atoms with Gasteiger partial charge in [-0.3, -0.25) is 9.71 Å². The van der Waals surface area contributed by atoms with E-state index in [1.165, 1.54) is 18.2 Å². The minimum absolute atomic E-state index is 0.0410. The van der Waals surface area contributed by atoms with Gasteiger partial charge in [-0.1, -0.05) is 0 Å². The molecule has 0 atom stereocenters. The van der Waals surface area contributed by atoms with Crippen LogP contribution >= 0.6 is 0 Å². The van der Waals surface area contributed by atoms with Crippen LogP contribution in [0.15, 0.2) is 56.6 Å². The summed E-state index contributed by atoms with van der Waals surface area (Å²) in [4.78, 5) is 15.9. The maximum atomic E-state index is 12.6. The highest BCUT2D eigenvalue weighted by Crippen LogP contribution is 2.23. The van der Waals surface area contributed by atoms with Crippen LogP contribution in [0, 0.1) is 0 Å². The monoisotopic (exact) mass is 375 g/mol. The van der Waals surface area contributed by atoms with Gasteiger partial charge in [0, 0.05) is 24.5 Å². The lowest BCUT2D eigenvalue weighted by molar-refractivity contribution is 0.122. The third-order valence-corrected chi connectivity index (χ3v) is 5.58. The van der Waals surface area contributed by atoms with Crippen LogP contribution in [0.1, 0.15) is 0 Å². The third kappa shape index (κ3) is 3.31. The number of fused-ring (bicyclic) bond motifs is 1. The number of benzene rings is 2. The Kier molecular flexibility index (Phi) is 4.17. The van der Waals surface area contributed by atoms with Crippen LogP contribution < -0.4 is 15.4 Å². The zero-order valence-corrected chi connectivity index (χ0v) is 14.6. The topological polar surface area (TPSA) is 105 Å². The molecule has 0 unspecified atom stereocenters. The number of hydrogen-bond donors (Lipinski definition) is 2. The molecule has 1 aliphatic rings. The van der Waals surface area contributed by atoms with E-state index in [9.17, 15) is 13.2 Å². The molecule has 1 aromatic heterocycles. The molecular weight excluding hydrogens is 358 g/mol. The van der Waals surface area contributed by atoms with Gasteiger partial charge in [-0.2, -0.15) is 0 Å². The second kappa shape index (κ2) is 6.50. The largest absolute Gasteiger partial charge is 0.417 e. The van der Waals surface area contributed by atoms with Crippen LogP contribution in [0.4, 0.5) is 11.4 Å². The Morgan fingerprint density at radius 3 is 2.50 bits per heavy atom. The number of sulfonamides is 1. The summed E-state index contributed by atoms with van der Waals surface area (Å²) in [5, 5.41) is 0. The number of nitrogens with zero attached hydrogens (tertiary/aromatic N) is 1. The first kappa shape index (κ1) is 16.7. The summed E-state index contributed by atoms with van der Waals surface area (Å²) < 4.78 is 37.9. The summed E-state index contributed by atoms with van der Waals surface area (Å²) in [6.07, 6.45) is 0. The lowest BCUT2D eigenvalue weighted by Crippen LogP contribution is -2.36. The van der Waals surface area contributed by atoms with Crippen molar-refractivity contribution in [2.45, 2.75) is 4.90 Å². The molecule has 9 heteroatoms. The molecule has 0 amide bonds. The molecule has 8 nitrogen and oxygen atoms in total. The number of hydrogen-bond acceptors (Lipinski definition) is 6. The van der Waals surface area contributed by atoms with Crippen LogP contribution in [0.5, 0.6) is 0 Å². The van der Waals surface area contributed by atoms with Gasteiger partial charge in [-0.05, 0) is 42.5 Å². The molecule has 0 spiro atoms. The molecule has 0 saturated carbocycles. The van der Waals surface area contributed by atoms with E-state index in [2.05, 4.69) is 14.6 Å². The molecule has 1 saturated heterocycles. The molecule has 0 bridgehead atoms. The summed E-state index contributed by atoms with van der Waals surface area (Å²) in [6, 6.07) is 11.4. The van der Waals surface area contributed by atoms with Crippen LogP contribution in [-0.2, 0) is 14.8 Å². The van der Waals surface area contributed by atoms with Gasteiger partial charge in [0.05, 0.1) is 23.6 Å². The summed E-state index contributed by atoms with van der Waals surface area (Å²) in [7, 11) is -3.78. The Balaban J connectivity index is 1.55. The van der Waals surface area contributed by atoms with Gasteiger partial charge in [0.25, 0.3) is 10.0 Å². The number of morpholine rings is 1. The average Bonchev–Trinajstić information content (AvgIpc) is 3.02. The number of aromatic amines is 1. The lowest BCUT2D eigenvalue weighted by Gasteiger charge is -2.28. The summed E-state index contributed by atoms with van der Waals surface area (Å²) in [6.45, 7) is 3.00. The average molecular weight is 375 g/mol. The van der Waals surface area contributed by atoms with E-state index in [0.717, 1.165) is 18.8 Å². The van der Waals surface area contributed by atoms with Crippen molar-refractivity contribution >= 4 is 32.5 Å². The Morgan fingerprint density at radius 1 is 1.04 bits per heavy atom. The summed E-state index contributed by atoms with van der Waals surface area (Å²) >= 11 is 0. The quantitative estimate of drug-likeness (QED) is 0.720. The second-order valence-electron chi connectivity index (χ2n) is 5.92. The molecule has 4 rings (SSSR count). The van der Waals surface area contributed by atoms with Crippen molar-refractivity contribution in [3.8, 4) is 0 Å². The summed E-state index contributed by atoms with van der Waals surface area (Å²) in [5.41, 5.74) is 2.13. The standard InChI is InChI=1S/C17H17N3O5S/c21-17-18-15-11-14(5-6-16(15)25-17)26(22,23)19-12-1-3-13(4-2-12)20-7-9-24-10-8-20/h1-6,11,19H,7-10H2,(H,18,21). The van der Waals surface area contributed by atoms with Gasteiger partial charge >= 0.3 is 5.76 Å². The van der Waals surface area contributed by atoms with Crippen molar-refractivity contribution in [1.29, 1.82) is 0 Å². The van der Waals surface area contributed by atoms with Crippen LogP contribution in [0.3, 0.4) is 0 Å².